The second kappa shape index (κ2) is 7.63. The standard InChI is InChI=1S/C21H26F3NO4/c1-12-16(6-5-7-17(12)21(22,23)24)18(26)13-8-14-10-28-11-15(9-13)25(14)19(27)29-20(2,3)4/h5-7,13-15H,8-11H2,1-4H3. The van der Waals surface area contributed by atoms with Crippen molar-refractivity contribution in [3.8, 4) is 0 Å². The molecular formula is C21H26F3NO4. The van der Waals surface area contributed by atoms with Crippen LogP contribution in [0.2, 0.25) is 0 Å². The van der Waals surface area contributed by atoms with Gasteiger partial charge in [-0.3, -0.25) is 9.69 Å². The zero-order valence-electron chi connectivity index (χ0n) is 17.0. The highest BCUT2D eigenvalue weighted by Gasteiger charge is 2.45. The van der Waals surface area contributed by atoms with E-state index in [0.717, 1.165) is 6.07 Å². The Bertz CT molecular complexity index is 786. The van der Waals surface area contributed by atoms with Gasteiger partial charge in [0.05, 0.1) is 30.9 Å². The molecule has 0 saturated carbocycles. The third-order valence-corrected chi connectivity index (χ3v) is 5.40. The molecule has 8 heteroatoms. The lowest BCUT2D eigenvalue weighted by molar-refractivity contribution is -0.138. The molecule has 5 nitrogen and oxygen atoms in total. The fraction of sp³-hybridized carbons (Fsp3) is 0.619. The molecule has 29 heavy (non-hydrogen) atoms. The summed E-state index contributed by atoms with van der Waals surface area (Å²) in [5, 5.41) is 0. The van der Waals surface area contributed by atoms with Gasteiger partial charge in [-0.05, 0) is 52.2 Å². The lowest BCUT2D eigenvalue weighted by Crippen LogP contribution is -2.60. The zero-order valence-corrected chi connectivity index (χ0v) is 17.0. The van der Waals surface area contributed by atoms with Crippen molar-refractivity contribution in [2.24, 2.45) is 5.92 Å². The van der Waals surface area contributed by atoms with Gasteiger partial charge in [0.1, 0.15) is 5.60 Å². The normalized spacial score (nSPS) is 24.9. The molecule has 0 radical (unpaired) electrons. The van der Waals surface area contributed by atoms with Gasteiger partial charge in [0, 0.05) is 11.5 Å². The van der Waals surface area contributed by atoms with Crippen LogP contribution in [0, 0.1) is 12.8 Å². The lowest BCUT2D eigenvalue weighted by Gasteiger charge is -2.48. The largest absolute Gasteiger partial charge is 0.444 e. The minimum atomic E-state index is -4.51. The molecule has 0 spiro atoms. The minimum absolute atomic E-state index is 0.0546. The summed E-state index contributed by atoms with van der Waals surface area (Å²) in [6.07, 6.45) is -4.28. The van der Waals surface area contributed by atoms with E-state index in [-0.39, 0.29) is 42.2 Å². The number of alkyl halides is 3. The van der Waals surface area contributed by atoms with Crippen molar-refractivity contribution in [1.82, 2.24) is 4.90 Å². The van der Waals surface area contributed by atoms with E-state index < -0.39 is 29.4 Å². The molecule has 2 bridgehead atoms. The number of hydrogen-bond donors (Lipinski definition) is 0. The number of carbonyl (C=O) groups is 2. The van der Waals surface area contributed by atoms with Gasteiger partial charge in [0.15, 0.2) is 5.78 Å². The monoisotopic (exact) mass is 413 g/mol. The molecule has 160 valence electrons. The van der Waals surface area contributed by atoms with E-state index in [4.69, 9.17) is 9.47 Å². The highest BCUT2D eigenvalue weighted by atomic mass is 19.4. The van der Waals surface area contributed by atoms with Crippen LogP contribution in [-0.4, -0.2) is 47.7 Å². The second-order valence-electron chi connectivity index (χ2n) is 8.74. The summed E-state index contributed by atoms with van der Waals surface area (Å²) in [7, 11) is 0. The highest BCUT2D eigenvalue weighted by molar-refractivity contribution is 5.99. The molecule has 1 aromatic rings. The average molecular weight is 413 g/mol. The van der Waals surface area contributed by atoms with Gasteiger partial charge in [0.2, 0.25) is 0 Å². The van der Waals surface area contributed by atoms with Gasteiger partial charge in [-0.25, -0.2) is 4.79 Å². The van der Waals surface area contributed by atoms with Gasteiger partial charge < -0.3 is 9.47 Å². The fourth-order valence-corrected chi connectivity index (χ4v) is 4.17. The summed E-state index contributed by atoms with van der Waals surface area (Å²) >= 11 is 0. The Labute approximate surface area is 168 Å². The van der Waals surface area contributed by atoms with Crippen LogP contribution in [0.1, 0.15) is 55.1 Å². The summed E-state index contributed by atoms with van der Waals surface area (Å²) in [6, 6.07) is 3.03. The number of piperidine rings is 1. The Balaban J connectivity index is 1.82. The van der Waals surface area contributed by atoms with Crippen molar-refractivity contribution in [2.75, 3.05) is 13.2 Å². The number of hydrogen-bond acceptors (Lipinski definition) is 4. The number of halogens is 3. The van der Waals surface area contributed by atoms with E-state index in [1.165, 1.54) is 19.1 Å². The topological polar surface area (TPSA) is 55.8 Å². The molecule has 1 aromatic carbocycles. The van der Waals surface area contributed by atoms with Crippen LogP contribution in [0.25, 0.3) is 0 Å². The molecule has 0 aromatic heterocycles. The maximum atomic E-state index is 13.2. The summed E-state index contributed by atoms with van der Waals surface area (Å²) in [5.74, 6) is -0.774. The van der Waals surface area contributed by atoms with Crippen LogP contribution in [0.5, 0.6) is 0 Å². The number of carbonyl (C=O) groups excluding carboxylic acids is 2. The Kier molecular flexibility index (Phi) is 5.69. The Morgan fingerprint density at radius 1 is 1.10 bits per heavy atom. The maximum absolute atomic E-state index is 13.2. The molecule has 2 aliphatic rings. The molecule has 1 amide bonds. The molecule has 2 saturated heterocycles. The number of morpholine rings is 1. The lowest BCUT2D eigenvalue weighted by atomic mass is 9.79. The number of ether oxygens (including phenoxy) is 2. The maximum Gasteiger partial charge on any atom is 0.416 e. The second-order valence-corrected chi connectivity index (χ2v) is 8.74. The van der Waals surface area contributed by atoms with Crippen LogP contribution in [0.3, 0.4) is 0 Å². The van der Waals surface area contributed by atoms with Crippen molar-refractivity contribution in [3.63, 3.8) is 0 Å². The quantitative estimate of drug-likeness (QED) is 0.665. The average Bonchev–Trinajstić information content (AvgIpc) is 2.57. The number of ketones is 1. The van der Waals surface area contributed by atoms with Gasteiger partial charge in [-0.15, -0.1) is 0 Å². The molecule has 0 aliphatic carbocycles. The van der Waals surface area contributed by atoms with Crippen molar-refractivity contribution < 1.29 is 32.2 Å². The van der Waals surface area contributed by atoms with Gasteiger partial charge in [-0.1, -0.05) is 12.1 Å². The highest BCUT2D eigenvalue weighted by Crippen LogP contribution is 2.37. The van der Waals surface area contributed by atoms with Crippen LogP contribution in [0.15, 0.2) is 18.2 Å². The first kappa shape index (κ1) is 21.6. The van der Waals surface area contributed by atoms with Crippen LogP contribution < -0.4 is 0 Å². The van der Waals surface area contributed by atoms with Crippen molar-refractivity contribution in [1.29, 1.82) is 0 Å². The number of benzene rings is 1. The number of nitrogens with zero attached hydrogens (tertiary/aromatic N) is 1. The number of fused-ring (bicyclic) bond motifs is 2. The first-order chi connectivity index (χ1) is 13.4. The molecule has 2 aliphatic heterocycles. The summed E-state index contributed by atoms with van der Waals surface area (Å²) < 4.78 is 50.7. The Hall–Kier alpha value is -2.09. The van der Waals surface area contributed by atoms with Crippen molar-refractivity contribution >= 4 is 11.9 Å². The summed E-state index contributed by atoms with van der Waals surface area (Å²) in [4.78, 5) is 27.4. The van der Waals surface area contributed by atoms with Crippen LogP contribution in [-0.2, 0) is 15.7 Å². The third kappa shape index (κ3) is 4.57. The van der Waals surface area contributed by atoms with E-state index in [1.54, 1.807) is 25.7 Å². The molecule has 2 atom stereocenters. The predicted octanol–water partition coefficient (Wildman–Crippen LogP) is 4.61. The molecule has 3 rings (SSSR count). The van der Waals surface area contributed by atoms with Crippen LogP contribution in [0.4, 0.5) is 18.0 Å². The van der Waals surface area contributed by atoms with E-state index in [2.05, 4.69) is 0 Å². The Morgan fingerprint density at radius 2 is 1.69 bits per heavy atom. The van der Waals surface area contributed by atoms with E-state index in [9.17, 15) is 22.8 Å². The van der Waals surface area contributed by atoms with E-state index in [0.29, 0.717) is 12.8 Å². The van der Waals surface area contributed by atoms with Crippen molar-refractivity contribution in [3.05, 3.63) is 34.9 Å². The number of amides is 1. The Morgan fingerprint density at radius 3 is 2.21 bits per heavy atom. The summed E-state index contributed by atoms with van der Waals surface area (Å²) in [6.45, 7) is 7.23. The first-order valence-electron chi connectivity index (χ1n) is 9.68. The molecular weight excluding hydrogens is 387 g/mol. The molecule has 2 heterocycles. The number of rotatable bonds is 2. The number of Topliss-reactive ketones (excluding diaryl/α,β-unsaturated/α-hetero) is 1. The molecule has 2 fully saturated rings. The van der Waals surface area contributed by atoms with Crippen LogP contribution >= 0.6 is 0 Å². The predicted molar refractivity (Wildman–Crippen MR) is 99.7 cm³/mol. The van der Waals surface area contributed by atoms with E-state index in [1.807, 2.05) is 0 Å². The van der Waals surface area contributed by atoms with Gasteiger partial charge in [-0.2, -0.15) is 13.2 Å². The van der Waals surface area contributed by atoms with Crippen molar-refractivity contribution in [2.45, 2.75) is 64.4 Å². The third-order valence-electron chi connectivity index (χ3n) is 5.40. The SMILES string of the molecule is Cc1c(C(=O)C2CC3COCC(C2)N3C(=O)OC(C)(C)C)cccc1C(F)(F)F. The fourth-order valence-electron chi connectivity index (χ4n) is 4.17. The molecule has 0 N–H and O–H groups in total. The minimum Gasteiger partial charge on any atom is -0.444 e. The molecule has 2 unspecified atom stereocenters. The smallest absolute Gasteiger partial charge is 0.416 e. The zero-order chi connectivity index (χ0) is 21.6. The first-order valence-corrected chi connectivity index (χ1v) is 9.68. The van der Waals surface area contributed by atoms with E-state index >= 15 is 0 Å². The summed E-state index contributed by atoms with van der Waals surface area (Å²) in [5.41, 5.74) is -1.40. The van der Waals surface area contributed by atoms with Gasteiger partial charge in [0.25, 0.3) is 0 Å². The van der Waals surface area contributed by atoms with Gasteiger partial charge >= 0.3 is 12.3 Å².